The molecule has 0 spiro atoms. The SMILES string of the molecule is O=C(NC1CC1)c1ccc(NCc2ccc(Cl)o2)cc1. The number of hydrogen-bond acceptors (Lipinski definition) is 3. The van der Waals surface area contributed by atoms with Gasteiger partial charge in [-0.1, -0.05) is 0 Å². The molecule has 1 aromatic heterocycles. The van der Waals surface area contributed by atoms with Gasteiger partial charge in [0.05, 0.1) is 6.54 Å². The van der Waals surface area contributed by atoms with Crippen molar-refractivity contribution in [1.29, 1.82) is 0 Å². The van der Waals surface area contributed by atoms with E-state index in [0.29, 0.717) is 23.4 Å². The van der Waals surface area contributed by atoms with E-state index in [0.717, 1.165) is 24.3 Å². The van der Waals surface area contributed by atoms with Crippen LogP contribution in [0, 0.1) is 0 Å². The van der Waals surface area contributed by atoms with Crippen molar-refractivity contribution in [3.05, 3.63) is 52.9 Å². The molecular weight excluding hydrogens is 276 g/mol. The maximum atomic E-state index is 11.8. The largest absolute Gasteiger partial charge is 0.448 e. The summed E-state index contributed by atoms with van der Waals surface area (Å²) in [6, 6.07) is 11.3. The number of nitrogens with one attached hydrogen (secondary N) is 2. The number of anilines is 1. The quantitative estimate of drug-likeness (QED) is 0.887. The zero-order chi connectivity index (χ0) is 13.9. The highest BCUT2D eigenvalue weighted by atomic mass is 35.5. The van der Waals surface area contributed by atoms with Crippen LogP contribution in [0.3, 0.4) is 0 Å². The van der Waals surface area contributed by atoms with Crippen molar-refractivity contribution in [2.45, 2.75) is 25.4 Å². The summed E-state index contributed by atoms with van der Waals surface area (Å²) in [5.74, 6) is 0.766. The Balaban J connectivity index is 1.56. The lowest BCUT2D eigenvalue weighted by atomic mass is 10.2. The van der Waals surface area contributed by atoms with Gasteiger partial charge in [-0.15, -0.1) is 0 Å². The van der Waals surface area contributed by atoms with Crippen LogP contribution < -0.4 is 10.6 Å². The lowest BCUT2D eigenvalue weighted by Gasteiger charge is -2.06. The third kappa shape index (κ3) is 3.33. The average Bonchev–Trinajstić information content (AvgIpc) is 3.17. The molecule has 1 saturated carbocycles. The summed E-state index contributed by atoms with van der Waals surface area (Å²) in [5.41, 5.74) is 1.61. The highest BCUT2D eigenvalue weighted by Crippen LogP contribution is 2.20. The van der Waals surface area contributed by atoms with Gasteiger partial charge in [-0.2, -0.15) is 0 Å². The van der Waals surface area contributed by atoms with Crippen LogP contribution in [-0.2, 0) is 6.54 Å². The predicted molar refractivity (Wildman–Crippen MR) is 78.0 cm³/mol. The second-order valence-electron chi connectivity index (χ2n) is 4.88. The van der Waals surface area contributed by atoms with Crippen molar-refractivity contribution >= 4 is 23.2 Å². The Bertz CT molecular complexity index is 603. The standard InChI is InChI=1S/C15H15ClN2O2/c16-14-8-7-13(20-14)9-17-11-3-1-10(2-4-11)15(19)18-12-5-6-12/h1-4,7-8,12,17H,5-6,9H2,(H,18,19). The number of carbonyl (C=O) groups excluding carboxylic acids is 1. The molecule has 1 fully saturated rings. The summed E-state index contributed by atoms with van der Waals surface area (Å²) in [4.78, 5) is 11.8. The summed E-state index contributed by atoms with van der Waals surface area (Å²) < 4.78 is 5.26. The molecule has 104 valence electrons. The Morgan fingerprint density at radius 1 is 1.20 bits per heavy atom. The summed E-state index contributed by atoms with van der Waals surface area (Å²) in [5, 5.41) is 6.55. The van der Waals surface area contributed by atoms with Crippen LogP contribution in [0.1, 0.15) is 29.0 Å². The molecule has 0 aliphatic heterocycles. The molecule has 20 heavy (non-hydrogen) atoms. The molecule has 0 saturated heterocycles. The van der Waals surface area contributed by atoms with Gasteiger partial charge in [0.1, 0.15) is 5.76 Å². The summed E-state index contributed by atoms with van der Waals surface area (Å²) in [7, 11) is 0. The van der Waals surface area contributed by atoms with E-state index >= 15 is 0 Å². The predicted octanol–water partition coefficient (Wildman–Crippen LogP) is 3.44. The molecule has 5 heteroatoms. The fourth-order valence-electron chi connectivity index (χ4n) is 1.87. The number of halogens is 1. The molecule has 0 unspecified atom stereocenters. The molecule has 1 aromatic carbocycles. The number of hydrogen-bond donors (Lipinski definition) is 2. The normalized spacial score (nSPS) is 14.1. The van der Waals surface area contributed by atoms with Crippen molar-refractivity contribution < 1.29 is 9.21 Å². The number of rotatable bonds is 5. The molecule has 2 N–H and O–H groups in total. The van der Waals surface area contributed by atoms with E-state index in [4.69, 9.17) is 16.0 Å². The molecule has 1 amide bonds. The first-order valence-electron chi connectivity index (χ1n) is 6.60. The molecule has 3 rings (SSSR count). The van der Waals surface area contributed by atoms with E-state index < -0.39 is 0 Å². The molecule has 4 nitrogen and oxygen atoms in total. The van der Waals surface area contributed by atoms with Crippen LogP contribution in [0.4, 0.5) is 5.69 Å². The van der Waals surface area contributed by atoms with Crippen molar-refractivity contribution in [2.24, 2.45) is 0 Å². The maximum Gasteiger partial charge on any atom is 0.251 e. The Morgan fingerprint density at radius 3 is 2.55 bits per heavy atom. The zero-order valence-corrected chi connectivity index (χ0v) is 11.6. The Labute approximate surface area is 122 Å². The van der Waals surface area contributed by atoms with E-state index in [1.807, 2.05) is 30.3 Å². The van der Waals surface area contributed by atoms with Crippen molar-refractivity contribution in [1.82, 2.24) is 5.32 Å². The summed E-state index contributed by atoms with van der Waals surface area (Å²) in [6.07, 6.45) is 2.19. The number of benzene rings is 1. The van der Waals surface area contributed by atoms with Crippen molar-refractivity contribution in [3.63, 3.8) is 0 Å². The molecule has 2 aromatic rings. The van der Waals surface area contributed by atoms with Gasteiger partial charge in [0, 0.05) is 17.3 Å². The van der Waals surface area contributed by atoms with Crippen LogP contribution in [-0.4, -0.2) is 11.9 Å². The highest BCUT2D eigenvalue weighted by Gasteiger charge is 2.23. The van der Waals surface area contributed by atoms with E-state index in [1.165, 1.54) is 0 Å². The van der Waals surface area contributed by atoms with E-state index in [2.05, 4.69) is 10.6 Å². The molecule has 0 atom stereocenters. The Morgan fingerprint density at radius 2 is 1.95 bits per heavy atom. The highest BCUT2D eigenvalue weighted by molar-refractivity contribution is 6.28. The molecule has 0 bridgehead atoms. The first kappa shape index (κ1) is 13.1. The van der Waals surface area contributed by atoms with Crippen LogP contribution in [0.15, 0.2) is 40.8 Å². The summed E-state index contributed by atoms with van der Waals surface area (Å²) in [6.45, 7) is 0.556. The van der Waals surface area contributed by atoms with Crippen molar-refractivity contribution in [2.75, 3.05) is 5.32 Å². The maximum absolute atomic E-state index is 11.8. The van der Waals surface area contributed by atoms with E-state index in [-0.39, 0.29) is 5.91 Å². The van der Waals surface area contributed by atoms with Gasteiger partial charge in [-0.05, 0) is 60.8 Å². The topological polar surface area (TPSA) is 54.3 Å². The average molecular weight is 291 g/mol. The third-order valence-corrected chi connectivity index (χ3v) is 3.36. The molecule has 1 aliphatic rings. The number of amides is 1. The summed E-state index contributed by atoms with van der Waals surface area (Å²) >= 11 is 5.71. The van der Waals surface area contributed by atoms with Gasteiger partial charge in [0.25, 0.3) is 5.91 Å². The third-order valence-electron chi connectivity index (χ3n) is 3.16. The van der Waals surface area contributed by atoms with Gasteiger partial charge in [0.15, 0.2) is 5.22 Å². The molecular formula is C15H15ClN2O2. The van der Waals surface area contributed by atoms with E-state index in [1.54, 1.807) is 6.07 Å². The van der Waals surface area contributed by atoms with Gasteiger partial charge >= 0.3 is 0 Å². The van der Waals surface area contributed by atoms with Gasteiger partial charge in [0.2, 0.25) is 0 Å². The van der Waals surface area contributed by atoms with Crippen LogP contribution >= 0.6 is 11.6 Å². The first-order valence-corrected chi connectivity index (χ1v) is 6.97. The second-order valence-corrected chi connectivity index (χ2v) is 5.26. The second kappa shape index (κ2) is 5.59. The fraction of sp³-hybridized carbons (Fsp3) is 0.267. The van der Waals surface area contributed by atoms with Crippen LogP contribution in [0.5, 0.6) is 0 Å². The Kier molecular flexibility index (Phi) is 3.65. The minimum atomic E-state index is -0.00290. The minimum absolute atomic E-state index is 0.00290. The lowest BCUT2D eigenvalue weighted by molar-refractivity contribution is 0.0951. The van der Waals surface area contributed by atoms with Crippen LogP contribution in [0.25, 0.3) is 0 Å². The lowest BCUT2D eigenvalue weighted by Crippen LogP contribution is -2.25. The Hall–Kier alpha value is -1.94. The monoisotopic (exact) mass is 290 g/mol. The zero-order valence-electron chi connectivity index (χ0n) is 10.9. The van der Waals surface area contributed by atoms with Gasteiger partial charge in [-0.25, -0.2) is 0 Å². The van der Waals surface area contributed by atoms with Gasteiger partial charge in [-0.3, -0.25) is 4.79 Å². The smallest absolute Gasteiger partial charge is 0.251 e. The van der Waals surface area contributed by atoms with Crippen molar-refractivity contribution in [3.8, 4) is 0 Å². The minimum Gasteiger partial charge on any atom is -0.448 e. The fourth-order valence-corrected chi connectivity index (χ4v) is 2.03. The van der Waals surface area contributed by atoms with Gasteiger partial charge < -0.3 is 15.1 Å². The molecule has 1 aliphatic carbocycles. The first-order chi connectivity index (χ1) is 9.70. The number of furan rings is 1. The van der Waals surface area contributed by atoms with E-state index in [9.17, 15) is 4.79 Å². The number of carbonyl (C=O) groups is 1. The molecule has 1 heterocycles. The van der Waals surface area contributed by atoms with Crippen LogP contribution in [0.2, 0.25) is 5.22 Å². The molecule has 0 radical (unpaired) electrons.